The third-order valence-corrected chi connectivity index (χ3v) is 3.37. The topological polar surface area (TPSA) is 78.9 Å². The number of rotatable bonds is 8. The summed E-state index contributed by atoms with van der Waals surface area (Å²) in [5.74, 6) is -3.38. The van der Waals surface area contributed by atoms with Gasteiger partial charge in [-0.25, -0.2) is 0 Å². The summed E-state index contributed by atoms with van der Waals surface area (Å²) in [5.41, 5.74) is 0.386. The number of ether oxygens (including phenoxy) is 3. The van der Waals surface area contributed by atoms with Gasteiger partial charge in [0.25, 0.3) is 0 Å². The number of esters is 2. The van der Waals surface area contributed by atoms with E-state index in [1.165, 1.54) is 14.0 Å². The summed E-state index contributed by atoms with van der Waals surface area (Å²) < 4.78 is 14.8. The third-order valence-electron chi connectivity index (χ3n) is 3.37. The van der Waals surface area contributed by atoms with Gasteiger partial charge in [0.1, 0.15) is 5.75 Å². The Morgan fingerprint density at radius 2 is 1.43 bits per heavy atom. The highest BCUT2D eigenvalue weighted by Gasteiger charge is 2.39. The lowest BCUT2D eigenvalue weighted by Gasteiger charge is -2.20. The Balaban J connectivity index is 3.01. The molecule has 23 heavy (non-hydrogen) atoms. The SMILES string of the molecule is CCOC(=O)C(C(=O)OCC)C(C)C(=O)c1ccc(OC)cc1. The summed E-state index contributed by atoms with van der Waals surface area (Å²) in [5, 5.41) is 0. The van der Waals surface area contributed by atoms with Crippen LogP contribution in [-0.2, 0) is 19.1 Å². The van der Waals surface area contributed by atoms with Crippen LogP contribution in [0.2, 0.25) is 0 Å². The van der Waals surface area contributed by atoms with Gasteiger partial charge in [-0.1, -0.05) is 6.92 Å². The quantitative estimate of drug-likeness (QED) is 0.415. The number of methoxy groups -OCH3 is 1. The highest BCUT2D eigenvalue weighted by atomic mass is 16.6. The Morgan fingerprint density at radius 1 is 0.957 bits per heavy atom. The Bertz CT molecular complexity index is 531. The van der Waals surface area contributed by atoms with Crippen LogP contribution in [0.1, 0.15) is 31.1 Å². The van der Waals surface area contributed by atoms with Gasteiger partial charge in [-0.05, 0) is 38.1 Å². The second kappa shape index (κ2) is 8.92. The molecule has 6 heteroatoms. The van der Waals surface area contributed by atoms with Crippen LogP contribution in [0.25, 0.3) is 0 Å². The standard InChI is InChI=1S/C17H22O6/c1-5-22-16(19)14(17(20)23-6-2)11(3)15(18)12-7-9-13(21-4)10-8-12/h7-11,14H,5-6H2,1-4H3. The van der Waals surface area contributed by atoms with Crippen molar-refractivity contribution in [3.8, 4) is 5.75 Å². The molecule has 0 heterocycles. The molecule has 6 nitrogen and oxygen atoms in total. The van der Waals surface area contributed by atoms with Crippen molar-refractivity contribution in [1.29, 1.82) is 0 Å². The number of carbonyl (C=O) groups excluding carboxylic acids is 3. The zero-order chi connectivity index (χ0) is 17.4. The molecule has 0 fully saturated rings. The van der Waals surface area contributed by atoms with Gasteiger partial charge >= 0.3 is 11.9 Å². The summed E-state index contributed by atoms with van der Waals surface area (Å²) in [6.45, 7) is 5.04. The molecule has 0 radical (unpaired) electrons. The molecule has 0 spiro atoms. The summed E-state index contributed by atoms with van der Waals surface area (Å²) >= 11 is 0. The number of ketones is 1. The molecule has 1 unspecified atom stereocenters. The van der Waals surface area contributed by atoms with Crippen LogP contribution in [0, 0.1) is 11.8 Å². The van der Waals surface area contributed by atoms with Crippen molar-refractivity contribution < 1.29 is 28.6 Å². The van der Waals surface area contributed by atoms with E-state index in [9.17, 15) is 14.4 Å². The molecule has 0 aliphatic rings. The molecular formula is C17H22O6. The van der Waals surface area contributed by atoms with Crippen molar-refractivity contribution in [3.05, 3.63) is 29.8 Å². The minimum atomic E-state index is -1.27. The minimum Gasteiger partial charge on any atom is -0.497 e. The summed E-state index contributed by atoms with van der Waals surface area (Å²) in [6, 6.07) is 6.46. The van der Waals surface area contributed by atoms with Crippen LogP contribution < -0.4 is 4.74 Å². The van der Waals surface area contributed by atoms with E-state index in [-0.39, 0.29) is 19.0 Å². The largest absolute Gasteiger partial charge is 0.497 e. The van der Waals surface area contributed by atoms with Crippen molar-refractivity contribution in [3.63, 3.8) is 0 Å². The molecule has 1 aromatic rings. The maximum atomic E-state index is 12.5. The summed E-state index contributed by atoms with van der Waals surface area (Å²) in [6.07, 6.45) is 0. The molecule has 0 bridgehead atoms. The molecule has 0 aliphatic carbocycles. The van der Waals surface area contributed by atoms with Gasteiger partial charge in [-0.2, -0.15) is 0 Å². The van der Waals surface area contributed by atoms with E-state index < -0.39 is 23.8 Å². The second-order valence-electron chi connectivity index (χ2n) is 4.86. The molecule has 1 aromatic carbocycles. The maximum Gasteiger partial charge on any atom is 0.321 e. The molecule has 0 saturated carbocycles. The van der Waals surface area contributed by atoms with Crippen LogP contribution >= 0.6 is 0 Å². The zero-order valence-electron chi connectivity index (χ0n) is 13.8. The zero-order valence-corrected chi connectivity index (χ0v) is 13.8. The molecule has 0 amide bonds. The van der Waals surface area contributed by atoms with Gasteiger partial charge in [-0.15, -0.1) is 0 Å². The van der Waals surface area contributed by atoms with Gasteiger partial charge < -0.3 is 14.2 Å². The maximum absolute atomic E-state index is 12.5. The van der Waals surface area contributed by atoms with Crippen LogP contribution in [0.5, 0.6) is 5.75 Å². The van der Waals surface area contributed by atoms with E-state index in [0.29, 0.717) is 11.3 Å². The summed E-state index contributed by atoms with van der Waals surface area (Å²) in [4.78, 5) is 36.6. The highest BCUT2D eigenvalue weighted by Crippen LogP contribution is 2.22. The Labute approximate surface area is 135 Å². The highest BCUT2D eigenvalue weighted by molar-refractivity contribution is 6.05. The normalized spacial score (nSPS) is 11.7. The average molecular weight is 322 g/mol. The molecular weight excluding hydrogens is 300 g/mol. The third kappa shape index (κ3) is 4.81. The van der Waals surface area contributed by atoms with Crippen LogP contribution in [-0.4, -0.2) is 38.0 Å². The Hall–Kier alpha value is -2.37. The van der Waals surface area contributed by atoms with Gasteiger partial charge in [0.15, 0.2) is 11.7 Å². The van der Waals surface area contributed by atoms with Crippen molar-refractivity contribution in [2.24, 2.45) is 11.8 Å². The first-order valence-electron chi connectivity index (χ1n) is 7.47. The first-order valence-corrected chi connectivity index (χ1v) is 7.47. The molecule has 0 N–H and O–H groups in total. The van der Waals surface area contributed by atoms with E-state index in [1.54, 1.807) is 38.1 Å². The molecule has 0 aliphatic heterocycles. The smallest absolute Gasteiger partial charge is 0.321 e. The lowest BCUT2D eigenvalue weighted by atomic mass is 9.87. The van der Waals surface area contributed by atoms with E-state index >= 15 is 0 Å². The number of carbonyl (C=O) groups is 3. The number of hydrogen-bond donors (Lipinski definition) is 0. The molecule has 126 valence electrons. The Morgan fingerprint density at radius 3 is 1.83 bits per heavy atom. The molecule has 0 aromatic heterocycles. The fraction of sp³-hybridized carbons (Fsp3) is 0.471. The van der Waals surface area contributed by atoms with Crippen molar-refractivity contribution in [1.82, 2.24) is 0 Å². The number of hydrogen-bond acceptors (Lipinski definition) is 6. The first kappa shape index (κ1) is 18.7. The number of Topliss-reactive ketones (excluding diaryl/α,β-unsaturated/α-hetero) is 1. The molecule has 1 rings (SSSR count). The fourth-order valence-electron chi connectivity index (χ4n) is 2.14. The van der Waals surface area contributed by atoms with Crippen LogP contribution in [0.3, 0.4) is 0 Å². The van der Waals surface area contributed by atoms with Gasteiger partial charge in [0, 0.05) is 11.5 Å². The molecule has 1 atom stereocenters. The predicted octanol–water partition coefficient (Wildman–Crippen LogP) is 2.26. The monoisotopic (exact) mass is 322 g/mol. The minimum absolute atomic E-state index is 0.123. The second-order valence-corrected chi connectivity index (χ2v) is 4.86. The van der Waals surface area contributed by atoms with E-state index in [4.69, 9.17) is 14.2 Å². The van der Waals surface area contributed by atoms with Crippen LogP contribution in [0.4, 0.5) is 0 Å². The van der Waals surface area contributed by atoms with Gasteiger partial charge in [0.2, 0.25) is 0 Å². The van der Waals surface area contributed by atoms with Crippen molar-refractivity contribution in [2.45, 2.75) is 20.8 Å². The lowest BCUT2D eigenvalue weighted by Crippen LogP contribution is -2.37. The number of benzene rings is 1. The van der Waals surface area contributed by atoms with Crippen molar-refractivity contribution in [2.75, 3.05) is 20.3 Å². The lowest BCUT2D eigenvalue weighted by molar-refractivity contribution is -0.163. The van der Waals surface area contributed by atoms with E-state index in [1.807, 2.05) is 0 Å². The van der Waals surface area contributed by atoms with E-state index in [2.05, 4.69) is 0 Å². The van der Waals surface area contributed by atoms with Gasteiger partial charge in [0.05, 0.1) is 20.3 Å². The van der Waals surface area contributed by atoms with Crippen molar-refractivity contribution >= 4 is 17.7 Å². The first-order chi connectivity index (χ1) is 11.0. The molecule has 0 saturated heterocycles. The predicted molar refractivity (Wildman–Crippen MR) is 83.2 cm³/mol. The van der Waals surface area contributed by atoms with Gasteiger partial charge in [-0.3, -0.25) is 14.4 Å². The Kier molecular flexibility index (Phi) is 7.25. The average Bonchev–Trinajstić information content (AvgIpc) is 2.55. The van der Waals surface area contributed by atoms with E-state index in [0.717, 1.165) is 0 Å². The van der Waals surface area contributed by atoms with Crippen LogP contribution in [0.15, 0.2) is 24.3 Å². The fourth-order valence-corrected chi connectivity index (χ4v) is 2.14. The summed E-state index contributed by atoms with van der Waals surface area (Å²) in [7, 11) is 1.52.